The summed E-state index contributed by atoms with van der Waals surface area (Å²) in [6, 6.07) is 13.1. The number of anilines is 1. The first-order chi connectivity index (χ1) is 14.5. The van der Waals surface area contributed by atoms with Crippen LogP contribution in [-0.4, -0.2) is 32.6 Å². The van der Waals surface area contributed by atoms with Gasteiger partial charge in [-0.2, -0.15) is 4.99 Å². The molecule has 0 N–H and O–H groups in total. The number of amides is 2. The van der Waals surface area contributed by atoms with Crippen LogP contribution in [0.1, 0.15) is 10.6 Å². The van der Waals surface area contributed by atoms with Crippen LogP contribution in [0.2, 0.25) is 0 Å². The summed E-state index contributed by atoms with van der Waals surface area (Å²) < 4.78 is 6.11. The number of para-hydroxylation sites is 1. The van der Waals surface area contributed by atoms with E-state index in [0.29, 0.717) is 20.9 Å². The Morgan fingerprint density at radius 1 is 1.23 bits per heavy atom. The van der Waals surface area contributed by atoms with Crippen molar-refractivity contribution in [1.29, 1.82) is 0 Å². The fraction of sp³-hybridized carbons (Fsp3) is 0.0526. The Labute approximate surface area is 176 Å². The Hall–Kier alpha value is -3.57. The second-order valence-electron chi connectivity index (χ2n) is 6.27. The molecule has 0 unspecified atom stereocenters. The van der Waals surface area contributed by atoms with Gasteiger partial charge in [-0.3, -0.25) is 19.7 Å². The second-order valence-corrected chi connectivity index (χ2v) is 8.22. The lowest BCUT2D eigenvalue weighted by atomic mass is 10.2. The maximum absolute atomic E-state index is 12.6. The minimum atomic E-state index is -0.606. The quantitative estimate of drug-likeness (QED) is 0.347. The third-order valence-electron chi connectivity index (χ3n) is 4.36. The van der Waals surface area contributed by atoms with E-state index in [-0.39, 0.29) is 28.3 Å². The Morgan fingerprint density at radius 2 is 2.07 bits per heavy atom. The number of non-ortho nitro benzene ring substituents is 1. The highest BCUT2D eigenvalue weighted by Gasteiger charge is 2.33. The van der Waals surface area contributed by atoms with Crippen LogP contribution in [0.4, 0.5) is 10.8 Å². The lowest BCUT2D eigenvalue weighted by Gasteiger charge is -2.10. The molecular formula is C19H10N4O5S2. The number of thioether (sulfide) groups is 1. The normalized spacial score (nSPS) is 15.5. The van der Waals surface area contributed by atoms with Crippen LogP contribution in [0.25, 0.3) is 21.2 Å². The molecule has 9 nitrogen and oxygen atoms in total. The number of rotatable bonds is 3. The van der Waals surface area contributed by atoms with E-state index in [9.17, 15) is 19.7 Å². The van der Waals surface area contributed by atoms with Crippen LogP contribution < -0.4 is 4.90 Å². The van der Waals surface area contributed by atoms with Crippen LogP contribution in [0.15, 0.2) is 57.9 Å². The molecule has 0 atom stereocenters. The Balaban J connectivity index is 1.51. The number of nitro groups is 1. The highest BCUT2D eigenvalue weighted by atomic mass is 32.2. The van der Waals surface area contributed by atoms with E-state index >= 15 is 0 Å². The van der Waals surface area contributed by atoms with Gasteiger partial charge in [-0.15, -0.1) is 0 Å². The number of aromatic nitrogens is 1. The molecule has 148 valence electrons. The molecular weight excluding hydrogens is 428 g/mol. The average Bonchev–Trinajstić information content (AvgIpc) is 3.43. The van der Waals surface area contributed by atoms with Crippen molar-refractivity contribution in [2.75, 3.05) is 10.7 Å². The minimum Gasteiger partial charge on any atom is -0.451 e. The fourth-order valence-electron chi connectivity index (χ4n) is 2.97. The summed E-state index contributed by atoms with van der Waals surface area (Å²) in [6.45, 7) is 0. The number of hydrogen-bond donors (Lipinski definition) is 0. The van der Waals surface area contributed by atoms with E-state index in [1.807, 2.05) is 12.1 Å². The average molecular weight is 438 g/mol. The first-order valence-electron chi connectivity index (χ1n) is 8.62. The van der Waals surface area contributed by atoms with Crippen molar-refractivity contribution in [3.63, 3.8) is 0 Å². The van der Waals surface area contributed by atoms with E-state index < -0.39 is 10.8 Å². The first kappa shape index (κ1) is 18.5. The van der Waals surface area contributed by atoms with Gasteiger partial charge in [0.2, 0.25) is 5.91 Å². The summed E-state index contributed by atoms with van der Waals surface area (Å²) in [6.07, 6.45) is 0. The molecule has 1 aliphatic rings. The van der Waals surface area contributed by atoms with Crippen LogP contribution in [0.5, 0.6) is 0 Å². The van der Waals surface area contributed by atoms with Crippen LogP contribution in [0.3, 0.4) is 0 Å². The summed E-state index contributed by atoms with van der Waals surface area (Å²) in [4.78, 5) is 45.3. The van der Waals surface area contributed by atoms with Gasteiger partial charge in [-0.1, -0.05) is 41.3 Å². The lowest BCUT2D eigenvalue weighted by Crippen LogP contribution is -2.29. The number of thiazole rings is 1. The van der Waals surface area contributed by atoms with E-state index in [0.717, 1.165) is 28.5 Å². The molecule has 4 aromatic rings. The van der Waals surface area contributed by atoms with Gasteiger partial charge in [0.15, 0.2) is 16.1 Å². The van der Waals surface area contributed by atoms with Crippen molar-refractivity contribution in [2.24, 2.45) is 4.99 Å². The van der Waals surface area contributed by atoms with Crippen molar-refractivity contribution in [3.05, 3.63) is 64.4 Å². The molecule has 2 aromatic heterocycles. The van der Waals surface area contributed by atoms with Gasteiger partial charge in [0.25, 0.3) is 5.69 Å². The zero-order chi connectivity index (χ0) is 20.8. The number of aliphatic imine (C=N–C) groups is 1. The maximum atomic E-state index is 12.6. The van der Waals surface area contributed by atoms with Gasteiger partial charge in [0.1, 0.15) is 5.58 Å². The molecule has 1 fully saturated rings. The molecule has 0 saturated carbocycles. The molecule has 5 rings (SSSR count). The van der Waals surface area contributed by atoms with Crippen molar-refractivity contribution in [2.45, 2.75) is 0 Å². The number of carbonyl (C=O) groups excluding carboxylic acids is 2. The summed E-state index contributed by atoms with van der Waals surface area (Å²) in [5.41, 5.74) is 1.03. The predicted octanol–water partition coefficient (Wildman–Crippen LogP) is 4.23. The molecule has 0 radical (unpaired) electrons. The van der Waals surface area contributed by atoms with E-state index in [4.69, 9.17) is 4.42 Å². The van der Waals surface area contributed by atoms with Crippen molar-refractivity contribution >= 4 is 72.1 Å². The summed E-state index contributed by atoms with van der Waals surface area (Å²) >= 11 is 2.24. The third kappa shape index (κ3) is 3.13. The number of nitro benzene ring substituents is 1. The van der Waals surface area contributed by atoms with Crippen LogP contribution >= 0.6 is 23.1 Å². The van der Waals surface area contributed by atoms with Gasteiger partial charge >= 0.3 is 5.91 Å². The predicted molar refractivity (Wildman–Crippen MR) is 114 cm³/mol. The highest BCUT2D eigenvalue weighted by molar-refractivity contribution is 8.15. The topological polar surface area (TPSA) is 119 Å². The number of nitrogens with zero attached hydrogens (tertiary/aromatic N) is 4. The number of furan rings is 1. The molecule has 1 aliphatic heterocycles. The largest absolute Gasteiger partial charge is 0.451 e. The lowest BCUT2D eigenvalue weighted by molar-refractivity contribution is -0.384. The third-order valence-corrected chi connectivity index (χ3v) is 6.29. The Bertz CT molecular complexity index is 1360. The maximum Gasteiger partial charge on any atom is 0.315 e. The number of amidine groups is 1. The molecule has 11 heteroatoms. The molecule has 2 aromatic carbocycles. The van der Waals surface area contributed by atoms with Crippen molar-refractivity contribution in [3.8, 4) is 0 Å². The molecule has 3 heterocycles. The second kappa shape index (κ2) is 7.04. The van der Waals surface area contributed by atoms with E-state index in [1.165, 1.54) is 23.1 Å². The van der Waals surface area contributed by atoms with E-state index in [1.54, 1.807) is 18.2 Å². The van der Waals surface area contributed by atoms with E-state index in [2.05, 4.69) is 9.98 Å². The van der Waals surface area contributed by atoms with Gasteiger partial charge in [-0.25, -0.2) is 9.88 Å². The molecule has 2 amide bonds. The van der Waals surface area contributed by atoms with Crippen molar-refractivity contribution < 1.29 is 18.9 Å². The number of carbonyl (C=O) groups is 2. The van der Waals surface area contributed by atoms with Crippen LogP contribution in [-0.2, 0) is 4.79 Å². The molecule has 0 spiro atoms. The molecule has 0 bridgehead atoms. The molecule has 1 saturated heterocycles. The Morgan fingerprint density at radius 3 is 2.87 bits per heavy atom. The SMILES string of the molecule is O=C(N=C1SCC(=O)N1c1nc2ccc([N+](=O)[O-])cc2s1)c1cc2ccccc2o1. The van der Waals surface area contributed by atoms with Crippen LogP contribution in [0, 0.1) is 10.1 Å². The zero-order valence-corrected chi connectivity index (χ0v) is 16.6. The van der Waals surface area contributed by atoms with Gasteiger partial charge in [-0.05, 0) is 18.2 Å². The van der Waals surface area contributed by atoms with Gasteiger partial charge in [0, 0.05) is 17.5 Å². The standard InChI is InChI=1S/C19H10N4O5S2/c24-16-9-29-18(21-17(25)14-7-10-3-1-2-4-13(10)28-14)22(16)19-20-12-6-5-11(23(26)27)8-15(12)30-19/h1-8H,9H2. The van der Waals surface area contributed by atoms with Crippen molar-refractivity contribution in [1.82, 2.24) is 4.98 Å². The smallest absolute Gasteiger partial charge is 0.315 e. The number of benzene rings is 2. The highest BCUT2D eigenvalue weighted by Crippen LogP contribution is 2.35. The Kier molecular flexibility index (Phi) is 4.33. The number of fused-ring (bicyclic) bond motifs is 2. The van der Waals surface area contributed by atoms with Gasteiger partial charge < -0.3 is 4.42 Å². The summed E-state index contributed by atoms with van der Waals surface area (Å²) in [5, 5.41) is 12.3. The summed E-state index contributed by atoms with van der Waals surface area (Å²) in [5.74, 6) is -0.694. The molecule has 0 aliphatic carbocycles. The molecule has 30 heavy (non-hydrogen) atoms. The first-order valence-corrected chi connectivity index (χ1v) is 10.4. The minimum absolute atomic E-state index is 0.0613. The number of hydrogen-bond acceptors (Lipinski definition) is 8. The zero-order valence-electron chi connectivity index (χ0n) is 15.0. The fourth-order valence-corrected chi connectivity index (χ4v) is 4.89. The van der Waals surface area contributed by atoms with Gasteiger partial charge in [0.05, 0.1) is 20.9 Å². The summed E-state index contributed by atoms with van der Waals surface area (Å²) in [7, 11) is 0. The monoisotopic (exact) mass is 438 g/mol.